The molecule has 0 atom stereocenters. The molecule has 1 fully saturated rings. The highest BCUT2D eigenvalue weighted by Crippen LogP contribution is 2.32. The first-order valence-electron chi connectivity index (χ1n) is 10.5. The zero-order valence-corrected chi connectivity index (χ0v) is 19.1. The van der Waals surface area contributed by atoms with Crippen molar-refractivity contribution in [2.45, 2.75) is 31.8 Å². The number of anilines is 1. The third kappa shape index (κ3) is 4.36. The molecule has 0 radical (unpaired) electrons. The summed E-state index contributed by atoms with van der Waals surface area (Å²) in [5.41, 5.74) is 1.58. The minimum absolute atomic E-state index is 0.0761. The Morgan fingerprint density at radius 3 is 2.53 bits per heavy atom. The maximum atomic E-state index is 13.1. The van der Waals surface area contributed by atoms with E-state index in [0.717, 1.165) is 5.39 Å². The molecule has 0 saturated carbocycles. The summed E-state index contributed by atoms with van der Waals surface area (Å²) in [5, 5.41) is 3.63. The second kappa shape index (κ2) is 8.93. The fourth-order valence-electron chi connectivity index (χ4n) is 3.63. The molecule has 8 nitrogen and oxygen atoms in total. The van der Waals surface area contributed by atoms with Gasteiger partial charge >= 0.3 is 0 Å². The first-order chi connectivity index (χ1) is 15.3. The van der Waals surface area contributed by atoms with Crippen molar-refractivity contribution in [2.24, 2.45) is 0 Å². The number of rotatable bonds is 6. The lowest BCUT2D eigenvalue weighted by molar-refractivity contribution is 0.0730. The van der Waals surface area contributed by atoms with Crippen molar-refractivity contribution >= 4 is 32.6 Å². The molecule has 0 spiro atoms. The topological polar surface area (TPSA) is 98.1 Å². The number of fused-ring (bicyclic) bond motifs is 1. The monoisotopic (exact) mass is 458 g/mol. The molecular formula is C23H26N2O6S. The number of morpholine rings is 1. The smallest absolute Gasteiger partial charge is 0.291 e. The molecule has 3 aromatic rings. The highest BCUT2D eigenvalue weighted by molar-refractivity contribution is 7.89. The average Bonchev–Trinajstić information content (AvgIpc) is 3.12. The number of sulfonamides is 1. The van der Waals surface area contributed by atoms with Gasteiger partial charge in [0, 0.05) is 24.0 Å². The Labute approximate surface area is 187 Å². The number of hydrogen-bond acceptors (Lipinski definition) is 6. The van der Waals surface area contributed by atoms with Gasteiger partial charge in [0.05, 0.1) is 29.9 Å². The summed E-state index contributed by atoms with van der Waals surface area (Å²) < 4.78 is 44.4. The molecule has 0 aliphatic carbocycles. The van der Waals surface area contributed by atoms with E-state index in [1.165, 1.54) is 16.4 Å². The van der Waals surface area contributed by atoms with Gasteiger partial charge in [0.15, 0.2) is 5.76 Å². The summed E-state index contributed by atoms with van der Waals surface area (Å²) in [7, 11) is -3.74. The summed E-state index contributed by atoms with van der Waals surface area (Å²) in [5.74, 6) is 0.0689. The molecule has 1 saturated heterocycles. The standard InChI is InChI=1S/C23H26N2O6S/c1-15(2)30-21-9-8-17(32(27,28)25-10-12-29-13-11-25)14-19(21)24-23(26)22-16(3)18-6-4-5-7-20(18)31-22/h4-9,14-15H,10-13H2,1-3H3,(H,24,26). The van der Waals surface area contributed by atoms with Gasteiger partial charge in [0.2, 0.25) is 10.0 Å². The van der Waals surface area contributed by atoms with Crippen molar-refractivity contribution in [3.8, 4) is 5.75 Å². The zero-order chi connectivity index (χ0) is 22.9. The molecule has 2 heterocycles. The van der Waals surface area contributed by atoms with Crippen molar-refractivity contribution in [3.05, 3.63) is 53.8 Å². The average molecular weight is 459 g/mol. The van der Waals surface area contributed by atoms with Gasteiger partial charge in [-0.25, -0.2) is 8.42 Å². The number of nitrogens with one attached hydrogen (secondary N) is 1. The molecule has 4 rings (SSSR count). The number of amides is 1. The van der Waals surface area contributed by atoms with Crippen molar-refractivity contribution in [3.63, 3.8) is 0 Å². The third-order valence-corrected chi connectivity index (χ3v) is 7.11. The van der Waals surface area contributed by atoms with Crippen LogP contribution in [-0.2, 0) is 14.8 Å². The molecule has 1 aliphatic heterocycles. The Kier molecular flexibility index (Phi) is 6.23. The summed E-state index contributed by atoms with van der Waals surface area (Å²) >= 11 is 0. The van der Waals surface area contributed by atoms with Crippen LogP contribution in [0.15, 0.2) is 51.8 Å². The van der Waals surface area contributed by atoms with Crippen LogP contribution in [0.4, 0.5) is 5.69 Å². The zero-order valence-electron chi connectivity index (χ0n) is 18.3. The Morgan fingerprint density at radius 2 is 1.84 bits per heavy atom. The Morgan fingerprint density at radius 1 is 1.12 bits per heavy atom. The Bertz CT molecular complexity index is 1240. The van der Waals surface area contributed by atoms with E-state index in [-0.39, 0.29) is 35.5 Å². The van der Waals surface area contributed by atoms with E-state index < -0.39 is 15.9 Å². The number of carbonyl (C=O) groups excluding carboxylic acids is 1. The molecule has 0 bridgehead atoms. The number of furan rings is 1. The SMILES string of the molecule is Cc1c(C(=O)Nc2cc(S(=O)(=O)N3CCOCC3)ccc2OC(C)C)oc2ccccc12. The summed E-state index contributed by atoms with van der Waals surface area (Å²) in [4.78, 5) is 13.1. The van der Waals surface area contributed by atoms with E-state index >= 15 is 0 Å². The first kappa shape index (κ1) is 22.3. The van der Waals surface area contributed by atoms with E-state index in [4.69, 9.17) is 13.9 Å². The van der Waals surface area contributed by atoms with Gasteiger partial charge in [-0.1, -0.05) is 18.2 Å². The number of aryl methyl sites for hydroxylation is 1. The van der Waals surface area contributed by atoms with E-state index in [1.54, 1.807) is 12.1 Å². The Hall–Kier alpha value is -2.88. The van der Waals surface area contributed by atoms with Crippen LogP contribution >= 0.6 is 0 Å². The van der Waals surface area contributed by atoms with Crippen LogP contribution in [0.1, 0.15) is 30.0 Å². The van der Waals surface area contributed by atoms with E-state index in [0.29, 0.717) is 30.1 Å². The van der Waals surface area contributed by atoms with Gasteiger partial charge < -0.3 is 19.2 Å². The number of carbonyl (C=O) groups is 1. The molecule has 9 heteroatoms. The molecule has 1 amide bonds. The highest BCUT2D eigenvalue weighted by Gasteiger charge is 2.28. The number of benzene rings is 2. The van der Waals surface area contributed by atoms with Crippen molar-refractivity contribution in [1.29, 1.82) is 0 Å². The van der Waals surface area contributed by atoms with Gasteiger partial charge in [-0.3, -0.25) is 4.79 Å². The van der Waals surface area contributed by atoms with Crippen LogP contribution in [0.3, 0.4) is 0 Å². The third-order valence-electron chi connectivity index (χ3n) is 5.22. The van der Waals surface area contributed by atoms with Gasteiger partial charge in [0.1, 0.15) is 11.3 Å². The molecule has 1 N–H and O–H groups in total. The number of nitrogens with zero attached hydrogens (tertiary/aromatic N) is 1. The van der Waals surface area contributed by atoms with Crippen molar-refractivity contribution < 1.29 is 27.1 Å². The van der Waals surface area contributed by atoms with Crippen LogP contribution in [-0.4, -0.2) is 51.0 Å². The molecule has 2 aromatic carbocycles. The van der Waals surface area contributed by atoms with Gasteiger partial charge in [-0.15, -0.1) is 0 Å². The van der Waals surface area contributed by atoms with E-state index in [1.807, 2.05) is 39.0 Å². The molecule has 0 unspecified atom stereocenters. The number of ether oxygens (including phenoxy) is 2. The fraction of sp³-hybridized carbons (Fsp3) is 0.348. The van der Waals surface area contributed by atoms with Crippen LogP contribution < -0.4 is 10.1 Å². The fourth-order valence-corrected chi connectivity index (χ4v) is 5.06. The maximum Gasteiger partial charge on any atom is 0.291 e. The Balaban J connectivity index is 1.69. The largest absolute Gasteiger partial charge is 0.489 e. The van der Waals surface area contributed by atoms with Crippen LogP contribution in [0, 0.1) is 6.92 Å². The lowest BCUT2D eigenvalue weighted by atomic mass is 10.1. The lowest BCUT2D eigenvalue weighted by Gasteiger charge is -2.26. The lowest BCUT2D eigenvalue weighted by Crippen LogP contribution is -2.40. The normalized spacial score (nSPS) is 15.2. The highest BCUT2D eigenvalue weighted by atomic mass is 32.2. The predicted molar refractivity (Wildman–Crippen MR) is 121 cm³/mol. The molecular weight excluding hydrogens is 432 g/mol. The second-order valence-corrected chi connectivity index (χ2v) is 9.79. The minimum atomic E-state index is -3.74. The molecule has 1 aromatic heterocycles. The quantitative estimate of drug-likeness (QED) is 0.603. The van der Waals surface area contributed by atoms with Crippen LogP contribution in [0.5, 0.6) is 5.75 Å². The summed E-state index contributed by atoms with van der Waals surface area (Å²) in [6.07, 6.45) is -0.166. The van der Waals surface area contributed by atoms with Gasteiger partial charge in [0.25, 0.3) is 5.91 Å². The van der Waals surface area contributed by atoms with E-state index in [2.05, 4.69) is 5.32 Å². The molecule has 32 heavy (non-hydrogen) atoms. The summed E-state index contributed by atoms with van der Waals surface area (Å²) in [6.45, 7) is 6.79. The minimum Gasteiger partial charge on any atom is -0.489 e. The van der Waals surface area contributed by atoms with Gasteiger partial charge in [-0.2, -0.15) is 4.31 Å². The maximum absolute atomic E-state index is 13.1. The summed E-state index contributed by atoms with van der Waals surface area (Å²) in [6, 6.07) is 11.9. The van der Waals surface area contributed by atoms with Crippen LogP contribution in [0.2, 0.25) is 0 Å². The predicted octanol–water partition coefficient (Wildman–Crippen LogP) is 3.80. The first-order valence-corrected chi connectivity index (χ1v) is 11.9. The molecule has 170 valence electrons. The number of hydrogen-bond donors (Lipinski definition) is 1. The molecule has 1 aliphatic rings. The number of para-hydroxylation sites is 1. The van der Waals surface area contributed by atoms with Crippen molar-refractivity contribution in [1.82, 2.24) is 4.31 Å². The second-order valence-electron chi connectivity index (χ2n) is 7.85. The van der Waals surface area contributed by atoms with E-state index in [9.17, 15) is 13.2 Å². The van der Waals surface area contributed by atoms with Crippen molar-refractivity contribution in [2.75, 3.05) is 31.6 Å². The van der Waals surface area contributed by atoms with Gasteiger partial charge in [-0.05, 0) is 45.0 Å². The van der Waals surface area contributed by atoms with Crippen LogP contribution in [0.25, 0.3) is 11.0 Å².